The fourth-order valence-electron chi connectivity index (χ4n) is 1.57. The topological polar surface area (TPSA) is 71.5 Å². The van der Waals surface area contributed by atoms with Crippen LogP contribution >= 0.6 is 11.3 Å². The summed E-state index contributed by atoms with van der Waals surface area (Å²) in [6, 6.07) is 0. The van der Waals surface area contributed by atoms with Crippen molar-refractivity contribution in [3.63, 3.8) is 0 Å². The lowest BCUT2D eigenvalue weighted by molar-refractivity contribution is -0.144. The second-order valence-electron chi connectivity index (χ2n) is 3.90. The third kappa shape index (κ3) is 6.30. The molecular weight excluding hydrogens is 266 g/mol. The van der Waals surface area contributed by atoms with E-state index in [0.29, 0.717) is 18.3 Å². The minimum absolute atomic E-state index is 0.132. The van der Waals surface area contributed by atoms with Crippen molar-refractivity contribution < 1.29 is 14.3 Å². The Balaban J connectivity index is 2.43. The van der Waals surface area contributed by atoms with Crippen molar-refractivity contribution in [2.24, 2.45) is 0 Å². The van der Waals surface area contributed by atoms with Gasteiger partial charge in [-0.25, -0.2) is 4.98 Å². The van der Waals surface area contributed by atoms with Gasteiger partial charge in [0, 0.05) is 11.6 Å². The van der Waals surface area contributed by atoms with E-state index in [1.165, 1.54) is 11.3 Å². The number of nitrogens with zero attached hydrogens (tertiary/aromatic N) is 2. The number of carbonyl (C=O) groups excluding carboxylic acids is 2. The molecule has 0 bridgehead atoms. The molecule has 1 amide bonds. The number of thiazole rings is 1. The van der Waals surface area contributed by atoms with Crippen LogP contribution in [0.4, 0.5) is 5.13 Å². The molecule has 0 saturated carbocycles. The highest BCUT2D eigenvalue weighted by Crippen LogP contribution is 2.10. The highest BCUT2D eigenvalue weighted by atomic mass is 32.1. The first-order valence-electron chi connectivity index (χ1n) is 6.23. The molecule has 1 N–H and O–H groups in total. The largest absolute Gasteiger partial charge is 0.465 e. The molecule has 0 aliphatic rings. The minimum atomic E-state index is -0.307. The molecule has 0 aromatic carbocycles. The number of carbonyl (C=O) groups is 2. The average Bonchev–Trinajstić information content (AvgIpc) is 2.82. The molecule has 7 heteroatoms. The Bertz CT molecular complexity index is 395. The maximum Gasteiger partial charge on any atom is 0.320 e. The Kier molecular flexibility index (Phi) is 7.06. The predicted octanol–water partition coefficient (Wildman–Crippen LogP) is 1.36. The summed E-state index contributed by atoms with van der Waals surface area (Å²) in [6.07, 6.45) is 2.49. The Morgan fingerprint density at radius 3 is 2.79 bits per heavy atom. The second kappa shape index (κ2) is 8.60. The zero-order valence-electron chi connectivity index (χ0n) is 11.2. The van der Waals surface area contributed by atoms with Gasteiger partial charge in [0.1, 0.15) is 0 Å². The normalized spacial score (nSPS) is 10.5. The summed E-state index contributed by atoms with van der Waals surface area (Å²) in [5.74, 6) is -0.481. The first kappa shape index (κ1) is 15.6. The molecule has 106 valence electrons. The quantitative estimate of drug-likeness (QED) is 0.730. The van der Waals surface area contributed by atoms with Crippen LogP contribution in [0, 0.1) is 0 Å². The number of anilines is 1. The van der Waals surface area contributed by atoms with Gasteiger partial charge in [0.15, 0.2) is 5.13 Å². The van der Waals surface area contributed by atoms with Crippen LogP contribution in [0.5, 0.6) is 0 Å². The first-order chi connectivity index (χ1) is 9.15. The van der Waals surface area contributed by atoms with Crippen LogP contribution in [0.15, 0.2) is 11.6 Å². The van der Waals surface area contributed by atoms with Gasteiger partial charge in [-0.15, -0.1) is 11.3 Å². The number of hydrogen-bond acceptors (Lipinski definition) is 6. The van der Waals surface area contributed by atoms with Gasteiger partial charge in [0.05, 0.1) is 19.7 Å². The van der Waals surface area contributed by atoms with E-state index in [4.69, 9.17) is 4.74 Å². The molecule has 0 saturated heterocycles. The molecule has 0 fully saturated rings. The van der Waals surface area contributed by atoms with Crippen LogP contribution in [0.25, 0.3) is 0 Å². The van der Waals surface area contributed by atoms with Crippen molar-refractivity contribution in [3.05, 3.63) is 11.6 Å². The van der Waals surface area contributed by atoms with Crippen molar-refractivity contribution in [2.75, 3.05) is 31.6 Å². The van der Waals surface area contributed by atoms with Crippen LogP contribution in [0.1, 0.15) is 20.3 Å². The average molecular weight is 285 g/mol. The maximum absolute atomic E-state index is 11.8. The number of amides is 1. The summed E-state index contributed by atoms with van der Waals surface area (Å²) >= 11 is 1.36. The van der Waals surface area contributed by atoms with Crippen LogP contribution in [-0.2, 0) is 14.3 Å². The van der Waals surface area contributed by atoms with E-state index in [-0.39, 0.29) is 25.0 Å². The SMILES string of the molecule is CCCN(CC(=O)Nc1nccs1)CC(=O)OCC. The zero-order valence-corrected chi connectivity index (χ0v) is 12.0. The van der Waals surface area contributed by atoms with E-state index >= 15 is 0 Å². The summed E-state index contributed by atoms with van der Waals surface area (Å²) in [5.41, 5.74) is 0. The molecule has 0 aliphatic heterocycles. The predicted molar refractivity (Wildman–Crippen MR) is 74.1 cm³/mol. The lowest BCUT2D eigenvalue weighted by atomic mass is 10.4. The molecule has 0 spiro atoms. The molecule has 0 radical (unpaired) electrons. The van der Waals surface area contributed by atoms with Crippen LogP contribution in [0.2, 0.25) is 0 Å². The molecule has 19 heavy (non-hydrogen) atoms. The van der Waals surface area contributed by atoms with E-state index in [9.17, 15) is 9.59 Å². The van der Waals surface area contributed by atoms with Crippen LogP contribution < -0.4 is 5.32 Å². The summed E-state index contributed by atoms with van der Waals surface area (Å²) in [5, 5.41) is 5.05. The third-order valence-electron chi connectivity index (χ3n) is 2.24. The number of esters is 1. The number of nitrogens with one attached hydrogen (secondary N) is 1. The number of hydrogen-bond donors (Lipinski definition) is 1. The summed E-state index contributed by atoms with van der Waals surface area (Å²) in [6.45, 7) is 5.07. The van der Waals surface area contributed by atoms with Crippen molar-refractivity contribution in [3.8, 4) is 0 Å². The highest BCUT2D eigenvalue weighted by molar-refractivity contribution is 7.13. The molecule has 1 aromatic heterocycles. The number of ether oxygens (including phenoxy) is 1. The van der Waals surface area contributed by atoms with E-state index in [2.05, 4.69) is 10.3 Å². The first-order valence-corrected chi connectivity index (χ1v) is 7.11. The molecule has 1 aromatic rings. The standard InChI is InChI=1S/C12H19N3O3S/c1-3-6-15(9-11(17)18-4-2)8-10(16)14-12-13-5-7-19-12/h5,7H,3-4,6,8-9H2,1-2H3,(H,13,14,16). The van der Waals surface area contributed by atoms with Gasteiger partial charge in [-0.2, -0.15) is 0 Å². The van der Waals surface area contributed by atoms with Gasteiger partial charge in [-0.05, 0) is 19.9 Å². The third-order valence-corrected chi connectivity index (χ3v) is 2.93. The maximum atomic E-state index is 11.8. The monoisotopic (exact) mass is 285 g/mol. The fraction of sp³-hybridized carbons (Fsp3) is 0.583. The summed E-state index contributed by atoms with van der Waals surface area (Å²) < 4.78 is 4.88. The van der Waals surface area contributed by atoms with Crippen molar-refractivity contribution in [1.29, 1.82) is 0 Å². The highest BCUT2D eigenvalue weighted by Gasteiger charge is 2.15. The smallest absolute Gasteiger partial charge is 0.320 e. The summed E-state index contributed by atoms with van der Waals surface area (Å²) in [7, 11) is 0. The molecule has 6 nitrogen and oxygen atoms in total. The van der Waals surface area contributed by atoms with Crippen LogP contribution in [-0.4, -0.2) is 48.0 Å². The van der Waals surface area contributed by atoms with Crippen LogP contribution in [0.3, 0.4) is 0 Å². The Morgan fingerprint density at radius 1 is 1.42 bits per heavy atom. The van der Waals surface area contributed by atoms with Crippen molar-refractivity contribution >= 4 is 28.3 Å². The van der Waals surface area contributed by atoms with Gasteiger partial charge in [-0.3, -0.25) is 14.5 Å². The van der Waals surface area contributed by atoms with E-state index in [0.717, 1.165) is 6.42 Å². The Hall–Kier alpha value is -1.47. The van der Waals surface area contributed by atoms with Crippen molar-refractivity contribution in [2.45, 2.75) is 20.3 Å². The minimum Gasteiger partial charge on any atom is -0.465 e. The molecular formula is C12H19N3O3S. The molecule has 0 unspecified atom stereocenters. The molecule has 0 aliphatic carbocycles. The van der Waals surface area contributed by atoms with Gasteiger partial charge >= 0.3 is 5.97 Å². The number of aromatic nitrogens is 1. The molecule has 1 rings (SSSR count). The lowest BCUT2D eigenvalue weighted by Crippen LogP contribution is -2.38. The van der Waals surface area contributed by atoms with Gasteiger partial charge in [-0.1, -0.05) is 6.92 Å². The second-order valence-corrected chi connectivity index (χ2v) is 4.80. The Labute approximate surface area is 116 Å². The van der Waals surface area contributed by atoms with E-state index in [1.807, 2.05) is 6.92 Å². The van der Waals surface area contributed by atoms with E-state index < -0.39 is 0 Å². The Morgan fingerprint density at radius 2 is 2.21 bits per heavy atom. The van der Waals surface area contributed by atoms with Gasteiger partial charge in [0.25, 0.3) is 0 Å². The van der Waals surface area contributed by atoms with E-state index in [1.54, 1.807) is 23.4 Å². The summed E-state index contributed by atoms with van der Waals surface area (Å²) in [4.78, 5) is 29.0. The molecule has 1 heterocycles. The fourth-order valence-corrected chi connectivity index (χ4v) is 2.11. The molecule has 0 atom stereocenters. The number of rotatable bonds is 8. The van der Waals surface area contributed by atoms with Crippen molar-refractivity contribution in [1.82, 2.24) is 9.88 Å². The van der Waals surface area contributed by atoms with Gasteiger partial charge in [0.2, 0.25) is 5.91 Å². The lowest BCUT2D eigenvalue weighted by Gasteiger charge is -2.19. The zero-order chi connectivity index (χ0) is 14.1. The van der Waals surface area contributed by atoms with Gasteiger partial charge < -0.3 is 10.1 Å².